The van der Waals surface area contributed by atoms with Crippen molar-refractivity contribution in [1.82, 2.24) is 0 Å². The molecule has 6 nitrogen and oxygen atoms in total. The highest BCUT2D eigenvalue weighted by atomic mass is 16.6. The standard InChI is InChI=1S/C9H8O3.C8H4O3.2CH4/c1-6(10)7-4-2-3-5-8(7)9(11)12;9-7-5-3-1-2-4-6(5)8(10)11-7;;/h2-5H,1H3,(H,11,12);1-4H;2*1H4. The number of esters is 2. The molecule has 6 heteroatoms. The maximum atomic E-state index is 10.9. The van der Waals surface area contributed by atoms with E-state index in [-0.39, 0.29) is 31.8 Å². The zero-order valence-corrected chi connectivity index (χ0v) is 12.1. The quantitative estimate of drug-likeness (QED) is 0.505. The molecule has 0 saturated carbocycles. The Morgan fingerprint density at radius 3 is 1.56 bits per heavy atom. The van der Waals surface area contributed by atoms with Crippen LogP contribution in [0.25, 0.3) is 0 Å². The van der Waals surface area contributed by atoms with Crippen LogP contribution in [0.2, 0.25) is 0 Å². The van der Waals surface area contributed by atoms with E-state index < -0.39 is 17.9 Å². The molecule has 132 valence electrons. The average Bonchev–Trinajstić information content (AvgIpc) is 2.83. The monoisotopic (exact) mass is 344 g/mol. The van der Waals surface area contributed by atoms with Crippen molar-refractivity contribution >= 4 is 23.7 Å². The first-order chi connectivity index (χ1) is 10.9. The van der Waals surface area contributed by atoms with E-state index in [4.69, 9.17) is 5.11 Å². The number of carbonyl (C=O) groups is 4. The van der Waals surface area contributed by atoms with Crippen LogP contribution in [0.4, 0.5) is 0 Å². The fraction of sp³-hybridized carbons (Fsp3) is 0.158. The molecule has 0 unspecified atom stereocenters. The number of ether oxygens (including phenoxy) is 1. The first-order valence-electron chi connectivity index (χ1n) is 6.60. The minimum Gasteiger partial charge on any atom is -0.478 e. The van der Waals surface area contributed by atoms with Gasteiger partial charge in [-0.05, 0) is 25.1 Å². The molecule has 25 heavy (non-hydrogen) atoms. The maximum absolute atomic E-state index is 10.9. The van der Waals surface area contributed by atoms with Gasteiger partial charge in [0.25, 0.3) is 0 Å². The van der Waals surface area contributed by atoms with Crippen molar-refractivity contribution in [2.24, 2.45) is 0 Å². The van der Waals surface area contributed by atoms with Crippen molar-refractivity contribution < 1.29 is 29.0 Å². The number of ketones is 1. The van der Waals surface area contributed by atoms with Gasteiger partial charge in [0, 0.05) is 5.56 Å². The average molecular weight is 344 g/mol. The molecule has 0 saturated heterocycles. The van der Waals surface area contributed by atoms with Gasteiger partial charge >= 0.3 is 17.9 Å². The van der Waals surface area contributed by atoms with E-state index in [0.717, 1.165) is 0 Å². The van der Waals surface area contributed by atoms with Gasteiger partial charge in [0.1, 0.15) is 0 Å². The van der Waals surface area contributed by atoms with E-state index in [1.807, 2.05) is 0 Å². The van der Waals surface area contributed by atoms with Crippen molar-refractivity contribution in [2.45, 2.75) is 21.8 Å². The van der Waals surface area contributed by atoms with Crippen LogP contribution in [-0.4, -0.2) is 28.8 Å². The second-order valence-electron chi connectivity index (χ2n) is 4.63. The van der Waals surface area contributed by atoms with Crippen LogP contribution in [0.5, 0.6) is 0 Å². The summed E-state index contributed by atoms with van der Waals surface area (Å²) in [5, 5.41) is 8.66. The molecule has 0 bridgehead atoms. The molecule has 1 aliphatic rings. The number of fused-ring (bicyclic) bond motifs is 1. The highest BCUT2D eigenvalue weighted by Crippen LogP contribution is 2.18. The van der Waals surface area contributed by atoms with Crippen molar-refractivity contribution in [1.29, 1.82) is 0 Å². The van der Waals surface area contributed by atoms with Crippen LogP contribution < -0.4 is 0 Å². The second-order valence-corrected chi connectivity index (χ2v) is 4.63. The molecule has 1 N–H and O–H groups in total. The minimum absolute atomic E-state index is 0. The fourth-order valence-corrected chi connectivity index (χ4v) is 2.01. The number of hydrogen-bond acceptors (Lipinski definition) is 5. The number of carboxylic acids is 1. The van der Waals surface area contributed by atoms with Gasteiger partial charge in [-0.1, -0.05) is 45.2 Å². The summed E-state index contributed by atoms with van der Waals surface area (Å²) in [6.45, 7) is 1.35. The van der Waals surface area contributed by atoms with E-state index in [0.29, 0.717) is 11.1 Å². The number of aromatic carboxylic acids is 1. The van der Waals surface area contributed by atoms with E-state index in [9.17, 15) is 19.2 Å². The number of benzene rings is 2. The van der Waals surface area contributed by atoms with Crippen molar-refractivity contribution in [3.05, 3.63) is 70.8 Å². The molecule has 0 aliphatic carbocycles. The summed E-state index contributed by atoms with van der Waals surface area (Å²) in [4.78, 5) is 43.1. The summed E-state index contributed by atoms with van der Waals surface area (Å²) >= 11 is 0. The minimum atomic E-state index is -1.07. The van der Waals surface area contributed by atoms with E-state index in [1.54, 1.807) is 36.4 Å². The topological polar surface area (TPSA) is 97.7 Å². The molecule has 0 radical (unpaired) electrons. The van der Waals surface area contributed by atoms with Gasteiger partial charge in [-0.25, -0.2) is 14.4 Å². The third kappa shape index (κ3) is 4.84. The van der Waals surface area contributed by atoms with Crippen molar-refractivity contribution in [3.8, 4) is 0 Å². The fourth-order valence-electron chi connectivity index (χ4n) is 2.01. The van der Waals surface area contributed by atoms with Gasteiger partial charge in [0.2, 0.25) is 0 Å². The highest BCUT2D eigenvalue weighted by molar-refractivity contribution is 6.14. The Hall–Kier alpha value is -3.28. The van der Waals surface area contributed by atoms with Crippen LogP contribution in [0, 0.1) is 0 Å². The Bertz CT molecular complexity index is 741. The molecular weight excluding hydrogens is 324 g/mol. The predicted octanol–water partition coefficient (Wildman–Crippen LogP) is 3.86. The predicted molar refractivity (Wildman–Crippen MR) is 93.1 cm³/mol. The third-order valence-electron chi connectivity index (χ3n) is 3.09. The summed E-state index contributed by atoms with van der Waals surface area (Å²) in [6, 6.07) is 12.7. The van der Waals surface area contributed by atoms with Gasteiger partial charge in [-0.3, -0.25) is 4.79 Å². The number of rotatable bonds is 2. The van der Waals surface area contributed by atoms with Crippen LogP contribution in [0.3, 0.4) is 0 Å². The van der Waals surface area contributed by atoms with Crippen molar-refractivity contribution in [2.75, 3.05) is 0 Å². The van der Waals surface area contributed by atoms with E-state index in [1.165, 1.54) is 19.1 Å². The van der Waals surface area contributed by atoms with Crippen LogP contribution >= 0.6 is 0 Å². The van der Waals surface area contributed by atoms with E-state index >= 15 is 0 Å². The Labute approximate surface area is 146 Å². The lowest BCUT2D eigenvalue weighted by molar-refractivity contribution is 0.0443. The van der Waals surface area contributed by atoms with Gasteiger partial charge in [0.15, 0.2) is 5.78 Å². The molecule has 0 fully saturated rings. The molecule has 0 spiro atoms. The number of carboxylic acid groups (broad SMARTS) is 1. The molecule has 3 rings (SSSR count). The molecular formula is C19H20O6. The number of carbonyl (C=O) groups excluding carboxylic acids is 3. The van der Waals surface area contributed by atoms with Crippen molar-refractivity contribution in [3.63, 3.8) is 0 Å². The molecule has 0 atom stereocenters. The number of cyclic esters (lactones) is 2. The van der Waals surface area contributed by atoms with Crippen LogP contribution in [0.15, 0.2) is 48.5 Å². The molecule has 0 aromatic heterocycles. The molecule has 1 aliphatic heterocycles. The van der Waals surface area contributed by atoms with Gasteiger partial charge in [0.05, 0.1) is 16.7 Å². The van der Waals surface area contributed by atoms with Crippen LogP contribution in [0.1, 0.15) is 63.2 Å². The summed E-state index contributed by atoms with van der Waals surface area (Å²) in [5.74, 6) is -2.40. The maximum Gasteiger partial charge on any atom is 0.346 e. The Morgan fingerprint density at radius 2 is 1.20 bits per heavy atom. The second kappa shape index (κ2) is 9.12. The Balaban J connectivity index is 0.000000427. The van der Waals surface area contributed by atoms with E-state index in [2.05, 4.69) is 4.74 Å². The molecule has 1 heterocycles. The Kier molecular flexibility index (Phi) is 7.93. The third-order valence-corrected chi connectivity index (χ3v) is 3.09. The zero-order chi connectivity index (χ0) is 17.0. The first kappa shape index (κ1) is 21.7. The molecule has 2 aromatic rings. The number of hydrogen-bond donors (Lipinski definition) is 1. The lowest BCUT2D eigenvalue weighted by Gasteiger charge is -1.99. The first-order valence-corrected chi connectivity index (χ1v) is 6.60. The Morgan fingerprint density at radius 1 is 0.800 bits per heavy atom. The molecule has 0 amide bonds. The lowest BCUT2D eigenvalue weighted by Crippen LogP contribution is -2.05. The highest BCUT2D eigenvalue weighted by Gasteiger charge is 2.28. The van der Waals surface area contributed by atoms with Gasteiger partial charge in [-0.15, -0.1) is 0 Å². The summed E-state index contributed by atoms with van der Waals surface area (Å²) in [6.07, 6.45) is 0. The van der Waals surface area contributed by atoms with Crippen LogP contribution in [-0.2, 0) is 4.74 Å². The number of Topliss-reactive ketones (excluding diaryl/α,β-unsaturated/α-hetero) is 1. The largest absolute Gasteiger partial charge is 0.478 e. The zero-order valence-electron chi connectivity index (χ0n) is 12.1. The summed E-state index contributed by atoms with van der Waals surface area (Å²) < 4.78 is 4.35. The summed E-state index contributed by atoms with van der Waals surface area (Å²) in [7, 11) is 0. The summed E-state index contributed by atoms with van der Waals surface area (Å²) in [5.41, 5.74) is 1.03. The normalized spacial score (nSPS) is 10.9. The smallest absolute Gasteiger partial charge is 0.346 e. The van der Waals surface area contributed by atoms with Gasteiger partial charge < -0.3 is 9.84 Å². The van der Waals surface area contributed by atoms with Gasteiger partial charge in [-0.2, -0.15) is 0 Å². The lowest BCUT2D eigenvalue weighted by atomic mass is 10.1. The molecule has 2 aromatic carbocycles. The SMILES string of the molecule is C.C.CC(=O)c1ccccc1C(=O)O.O=C1OC(=O)c2ccccc21.